The molecule has 0 saturated carbocycles. The van der Waals surface area contributed by atoms with Gasteiger partial charge >= 0.3 is 0 Å². The molecule has 0 amide bonds. The van der Waals surface area contributed by atoms with Crippen LogP contribution in [0.25, 0.3) is 107 Å². The van der Waals surface area contributed by atoms with Gasteiger partial charge in [-0.15, -0.1) is 0 Å². The van der Waals surface area contributed by atoms with Crippen LogP contribution in [0.1, 0.15) is 22.3 Å². The van der Waals surface area contributed by atoms with Crippen LogP contribution in [0.3, 0.4) is 0 Å². The Bertz CT molecular complexity index is 3320. The Labute approximate surface area is 307 Å². The van der Waals surface area contributed by atoms with Gasteiger partial charge < -0.3 is 0 Å². The van der Waals surface area contributed by atoms with E-state index in [1.165, 1.54) is 24.3 Å². The van der Waals surface area contributed by atoms with Gasteiger partial charge in [0.25, 0.3) is 0 Å². The molecule has 6 nitrogen and oxygen atoms in total. The lowest BCUT2D eigenvalue weighted by Crippen LogP contribution is -1.95. The molecule has 0 radical (unpaired) electrons. The van der Waals surface area contributed by atoms with Gasteiger partial charge in [-0.2, -0.15) is 21.0 Å². The Hall–Kier alpha value is -8.52. The summed E-state index contributed by atoms with van der Waals surface area (Å²) in [6.07, 6.45) is 0. The Morgan fingerprint density at radius 2 is 0.759 bits per heavy atom. The fourth-order valence-electron chi connectivity index (χ4n) is 8.84. The predicted molar refractivity (Wildman–Crippen MR) is 214 cm³/mol. The minimum Gasteiger partial charge on any atom is -0.237 e. The molecule has 0 aromatic heterocycles. The quantitative estimate of drug-likeness (QED) is 0.170. The van der Waals surface area contributed by atoms with Crippen molar-refractivity contribution >= 4 is 86.8 Å². The van der Waals surface area contributed by atoms with Crippen molar-refractivity contribution in [2.45, 2.75) is 0 Å². The fraction of sp³-hybridized carbons (Fsp3) is 0. The van der Waals surface area contributed by atoms with Crippen LogP contribution in [0.5, 0.6) is 0 Å². The van der Waals surface area contributed by atoms with Gasteiger partial charge in [0.15, 0.2) is 11.4 Å². The zero-order valence-electron chi connectivity index (χ0n) is 28.1. The van der Waals surface area contributed by atoms with Crippen LogP contribution < -0.4 is 0 Å². The minimum absolute atomic E-state index is 0.175. The van der Waals surface area contributed by atoms with Gasteiger partial charge in [-0.05, 0) is 123 Å². The van der Waals surface area contributed by atoms with E-state index in [0.29, 0.717) is 22.3 Å². The largest absolute Gasteiger partial charge is 0.237 e. The Kier molecular flexibility index (Phi) is 6.17. The number of fused-ring (bicyclic) bond motifs is 7. The van der Waals surface area contributed by atoms with Gasteiger partial charge in [0, 0.05) is 22.3 Å². The standard InChI is InChI=1S/C48H18N6/c1-53-39-17-25(21-49)15-29(23-51)43(39)47-37-19-35-31-11-3-7-27-8-4-12-32(41(27)31)36(35)20-38(37)48(44-30(24-52)16-26(22-50)18-40(44)54-2)46-34-14-6-10-28-9-5-13-33(42(28)34)45(46)47/h3-20H. The van der Waals surface area contributed by atoms with E-state index >= 15 is 0 Å². The summed E-state index contributed by atoms with van der Waals surface area (Å²) in [5, 5.41) is 54.3. The second-order valence-electron chi connectivity index (χ2n) is 13.4. The Morgan fingerprint density at radius 3 is 1.13 bits per heavy atom. The highest BCUT2D eigenvalue weighted by Gasteiger charge is 2.29. The summed E-state index contributed by atoms with van der Waals surface area (Å²) in [5.41, 5.74) is 3.35. The molecule has 0 aliphatic carbocycles. The SMILES string of the molecule is [C-]#[N+]c1cc(C#N)cc(C#N)c1-c1c2cc3c(cc2c(-c2c(C#N)cc(C#N)cc2[N+]#[C-])c2c4cccc5cccc(c12)c54)c1cccc2cccc3c21. The van der Waals surface area contributed by atoms with Crippen molar-refractivity contribution in [3.63, 3.8) is 0 Å². The lowest BCUT2D eigenvalue weighted by molar-refractivity contribution is 1.45. The average Bonchev–Trinajstić information content (AvgIpc) is 3.72. The summed E-state index contributed by atoms with van der Waals surface area (Å²) in [5.74, 6) is 0. The van der Waals surface area contributed by atoms with Crippen molar-refractivity contribution in [3.05, 3.63) is 154 Å². The molecule has 0 N–H and O–H groups in total. The summed E-state index contributed by atoms with van der Waals surface area (Å²) < 4.78 is 0. The minimum atomic E-state index is 0.175. The zero-order chi connectivity index (χ0) is 36.8. The third kappa shape index (κ3) is 3.81. The van der Waals surface area contributed by atoms with E-state index in [0.717, 1.165) is 75.4 Å². The summed E-state index contributed by atoms with van der Waals surface area (Å²) in [4.78, 5) is 7.84. The molecular formula is C48H18N6. The van der Waals surface area contributed by atoms with E-state index in [2.05, 4.69) is 70.4 Å². The lowest BCUT2D eigenvalue weighted by Gasteiger charge is -2.20. The molecule has 0 unspecified atom stereocenters. The maximum Gasteiger partial charge on any atom is 0.197 e. The van der Waals surface area contributed by atoms with Crippen molar-refractivity contribution in [1.29, 1.82) is 21.0 Å². The van der Waals surface area contributed by atoms with Gasteiger partial charge in [0.2, 0.25) is 0 Å². The molecule has 0 atom stereocenters. The first kappa shape index (κ1) is 30.3. The smallest absolute Gasteiger partial charge is 0.197 e. The van der Waals surface area contributed by atoms with E-state index < -0.39 is 0 Å². The lowest BCUT2D eigenvalue weighted by atomic mass is 9.82. The molecule has 0 aliphatic heterocycles. The average molecular weight is 679 g/mol. The highest BCUT2D eigenvalue weighted by Crippen LogP contribution is 2.56. The molecule has 0 heterocycles. The second-order valence-corrected chi connectivity index (χ2v) is 13.4. The summed E-state index contributed by atoms with van der Waals surface area (Å²) in [7, 11) is 0. The van der Waals surface area contributed by atoms with Crippen molar-refractivity contribution in [2.75, 3.05) is 0 Å². The van der Waals surface area contributed by atoms with Crippen LogP contribution in [-0.2, 0) is 0 Å². The van der Waals surface area contributed by atoms with Crippen LogP contribution in [-0.4, -0.2) is 0 Å². The number of hydrogen-bond acceptors (Lipinski definition) is 4. The van der Waals surface area contributed by atoms with Crippen LogP contribution in [0.4, 0.5) is 11.4 Å². The highest BCUT2D eigenvalue weighted by atomic mass is 14.7. The predicted octanol–water partition coefficient (Wildman–Crippen LogP) is 12.6. The molecule has 6 heteroatoms. The van der Waals surface area contributed by atoms with Gasteiger partial charge in [0.1, 0.15) is 0 Å². The maximum atomic E-state index is 10.7. The van der Waals surface area contributed by atoms with Gasteiger partial charge in [-0.1, -0.05) is 72.8 Å². The zero-order valence-corrected chi connectivity index (χ0v) is 28.1. The molecule has 0 fully saturated rings. The van der Waals surface area contributed by atoms with Crippen molar-refractivity contribution in [3.8, 4) is 46.5 Å². The summed E-state index contributed by atoms with van der Waals surface area (Å²) in [6.45, 7) is 16.7. The molecule has 0 saturated heterocycles. The van der Waals surface area contributed by atoms with Gasteiger partial charge in [0.05, 0.1) is 48.5 Å². The summed E-state index contributed by atoms with van der Waals surface area (Å²) in [6, 6.07) is 43.8. The molecule has 10 aromatic carbocycles. The highest BCUT2D eigenvalue weighted by molar-refractivity contribution is 6.42. The number of hydrogen-bond donors (Lipinski definition) is 0. The molecule has 0 bridgehead atoms. The molecule has 10 rings (SSSR count). The topological polar surface area (TPSA) is 104 Å². The third-order valence-corrected chi connectivity index (χ3v) is 10.8. The third-order valence-electron chi connectivity index (χ3n) is 10.8. The first-order valence-corrected chi connectivity index (χ1v) is 17.0. The Morgan fingerprint density at radius 1 is 0.370 bits per heavy atom. The number of nitrogens with zero attached hydrogens (tertiary/aromatic N) is 6. The Balaban J connectivity index is 1.60. The van der Waals surface area contributed by atoms with Crippen LogP contribution in [0.2, 0.25) is 0 Å². The summed E-state index contributed by atoms with van der Waals surface area (Å²) >= 11 is 0. The van der Waals surface area contributed by atoms with Crippen LogP contribution in [0.15, 0.2) is 109 Å². The molecule has 0 spiro atoms. The first-order valence-electron chi connectivity index (χ1n) is 17.0. The van der Waals surface area contributed by atoms with E-state index in [1.807, 2.05) is 48.5 Å². The monoisotopic (exact) mass is 678 g/mol. The normalized spacial score (nSPS) is 11.2. The maximum absolute atomic E-state index is 10.7. The molecule has 10 aromatic rings. The second kappa shape index (κ2) is 11.0. The molecule has 240 valence electrons. The number of benzene rings is 8. The molecule has 0 aliphatic rings. The molecular weight excluding hydrogens is 661 g/mol. The first-order chi connectivity index (χ1) is 26.5. The van der Waals surface area contributed by atoms with Gasteiger partial charge in [-0.25, -0.2) is 9.69 Å². The van der Waals surface area contributed by atoms with Crippen molar-refractivity contribution < 1.29 is 0 Å². The number of nitriles is 4. The van der Waals surface area contributed by atoms with E-state index in [1.54, 1.807) is 0 Å². The van der Waals surface area contributed by atoms with Crippen LogP contribution in [0, 0.1) is 58.5 Å². The van der Waals surface area contributed by atoms with Gasteiger partial charge in [-0.3, -0.25) is 0 Å². The number of rotatable bonds is 2. The van der Waals surface area contributed by atoms with E-state index in [-0.39, 0.29) is 33.6 Å². The molecule has 54 heavy (non-hydrogen) atoms. The van der Waals surface area contributed by atoms with E-state index in [4.69, 9.17) is 13.1 Å². The van der Waals surface area contributed by atoms with E-state index in [9.17, 15) is 21.0 Å². The van der Waals surface area contributed by atoms with Crippen molar-refractivity contribution in [2.24, 2.45) is 0 Å². The fourth-order valence-corrected chi connectivity index (χ4v) is 8.84. The van der Waals surface area contributed by atoms with Crippen molar-refractivity contribution in [1.82, 2.24) is 0 Å². The van der Waals surface area contributed by atoms with Crippen LogP contribution >= 0.6 is 0 Å².